The molecule has 1 nitrogen and oxygen atoms in total. The molecule has 0 amide bonds. The largest absolute Gasteiger partial charge is 0.377 e. The first-order valence-electron chi connectivity index (χ1n) is 3.58. The van der Waals surface area contributed by atoms with Gasteiger partial charge in [0, 0.05) is 11.6 Å². The Balaban J connectivity index is 3.40. The van der Waals surface area contributed by atoms with Gasteiger partial charge in [0.25, 0.3) is 0 Å². The predicted octanol–water partition coefficient (Wildman–Crippen LogP) is 2.95. The molecule has 0 aromatic rings. The van der Waals surface area contributed by atoms with Crippen LogP contribution in [0.15, 0.2) is 10.6 Å². The van der Waals surface area contributed by atoms with Crippen molar-refractivity contribution in [1.82, 2.24) is 0 Å². The van der Waals surface area contributed by atoms with Gasteiger partial charge in [0.1, 0.15) is 0 Å². The van der Waals surface area contributed by atoms with Crippen LogP contribution >= 0.6 is 11.6 Å². The van der Waals surface area contributed by atoms with Gasteiger partial charge < -0.3 is 4.74 Å². The van der Waals surface area contributed by atoms with E-state index in [-0.39, 0.29) is 0 Å². The van der Waals surface area contributed by atoms with Crippen molar-refractivity contribution in [3.8, 4) is 0 Å². The zero-order chi connectivity index (χ0) is 7.98. The highest BCUT2D eigenvalue weighted by molar-refractivity contribution is 6.29. The Kier molecular flexibility index (Phi) is 5.74. The number of hydrogen-bond donors (Lipinski definition) is 0. The van der Waals surface area contributed by atoms with Crippen molar-refractivity contribution in [3.63, 3.8) is 0 Å². The van der Waals surface area contributed by atoms with Crippen molar-refractivity contribution in [1.29, 1.82) is 0 Å². The maximum Gasteiger partial charge on any atom is 0.0688 e. The second-order valence-electron chi connectivity index (χ2n) is 2.37. The van der Waals surface area contributed by atoms with E-state index in [4.69, 9.17) is 16.3 Å². The molecule has 0 aromatic carbocycles. The van der Waals surface area contributed by atoms with Crippen LogP contribution in [0.25, 0.3) is 0 Å². The molecule has 0 heterocycles. The molecule has 0 aliphatic rings. The third-order valence-corrected chi connectivity index (χ3v) is 1.58. The van der Waals surface area contributed by atoms with Gasteiger partial charge in [-0.3, -0.25) is 0 Å². The van der Waals surface area contributed by atoms with Crippen LogP contribution in [0.2, 0.25) is 0 Å². The fraction of sp³-hybridized carbons (Fsp3) is 0.750. The van der Waals surface area contributed by atoms with Crippen LogP contribution in [-0.4, -0.2) is 13.2 Å². The van der Waals surface area contributed by atoms with Gasteiger partial charge in [-0.25, -0.2) is 0 Å². The lowest BCUT2D eigenvalue weighted by molar-refractivity contribution is 0.156. The first-order chi connectivity index (χ1) is 4.68. The first-order valence-corrected chi connectivity index (χ1v) is 3.95. The molecule has 0 N–H and O–H groups in total. The SMILES string of the molecule is CCCOC/C(C)=C(/C)Cl. The molecule has 2 heteroatoms. The molecule has 0 spiro atoms. The van der Waals surface area contributed by atoms with E-state index in [0.717, 1.165) is 23.6 Å². The van der Waals surface area contributed by atoms with Gasteiger partial charge in [-0.1, -0.05) is 18.5 Å². The summed E-state index contributed by atoms with van der Waals surface area (Å²) in [4.78, 5) is 0. The minimum Gasteiger partial charge on any atom is -0.377 e. The van der Waals surface area contributed by atoms with Gasteiger partial charge >= 0.3 is 0 Å². The van der Waals surface area contributed by atoms with Gasteiger partial charge in [0.15, 0.2) is 0 Å². The average molecular weight is 163 g/mol. The molecule has 0 saturated carbocycles. The molecule has 10 heavy (non-hydrogen) atoms. The Morgan fingerprint density at radius 2 is 2.00 bits per heavy atom. The Hall–Kier alpha value is -0.0100. The summed E-state index contributed by atoms with van der Waals surface area (Å²) in [6.45, 7) is 7.45. The van der Waals surface area contributed by atoms with Gasteiger partial charge in [-0.2, -0.15) is 0 Å². The van der Waals surface area contributed by atoms with E-state index in [2.05, 4.69) is 6.92 Å². The molecule has 0 rings (SSSR count). The van der Waals surface area contributed by atoms with Crippen LogP contribution in [0.3, 0.4) is 0 Å². The van der Waals surface area contributed by atoms with Gasteiger partial charge in [0.2, 0.25) is 0 Å². The molecule has 60 valence electrons. The maximum absolute atomic E-state index is 5.71. The summed E-state index contributed by atoms with van der Waals surface area (Å²) in [5.41, 5.74) is 1.12. The van der Waals surface area contributed by atoms with Gasteiger partial charge in [0.05, 0.1) is 6.61 Å². The molecule has 0 saturated heterocycles. The topological polar surface area (TPSA) is 9.23 Å². The second-order valence-corrected chi connectivity index (χ2v) is 2.93. The normalized spacial score (nSPS) is 13.2. The van der Waals surface area contributed by atoms with Crippen LogP contribution in [0.5, 0.6) is 0 Å². The molecular weight excluding hydrogens is 148 g/mol. The standard InChI is InChI=1S/C8H15ClO/c1-4-5-10-6-7(2)8(3)9/h4-6H2,1-3H3/b8-7-. The Bertz CT molecular complexity index is 114. The lowest BCUT2D eigenvalue weighted by Crippen LogP contribution is -1.97. The van der Waals surface area contributed by atoms with Crippen LogP contribution < -0.4 is 0 Å². The highest BCUT2D eigenvalue weighted by Gasteiger charge is 1.92. The van der Waals surface area contributed by atoms with Crippen LogP contribution in [0.1, 0.15) is 27.2 Å². The first kappa shape index (κ1) is 9.99. The van der Waals surface area contributed by atoms with Gasteiger partial charge in [-0.15, -0.1) is 0 Å². The van der Waals surface area contributed by atoms with E-state index < -0.39 is 0 Å². The molecular formula is C8H15ClO. The summed E-state index contributed by atoms with van der Waals surface area (Å²) in [5.74, 6) is 0. The minimum atomic E-state index is 0.670. The summed E-state index contributed by atoms with van der Waals surface area (Å²) >= 11 is 5.71. The van der Waals surface area contributed by atoms with Crippen molar-refractivity contribution < 1.29 is 4.74 Å². The van der Waals surface area contributed by atoms with E-state index in [1.165, 1.54) is 0 Å². The van der Waals surface area contributed by atoms with Crippen molar-refractivity contribution in [2.24, 2.45) is 0 Å². The lowest BCUT2D eigenvalue weighted by Gasteiger charge is -2.02. The summed E-state index contributed by atoms with van der Waals surface area (Å²) in [5, 5.41) is 0.844. The molecule has 0 bridgehead atoms. The predicted molar refractivity (Wildman–Crippen MR) is 45.3 cm³/mol. The molecule has 0 aliphatic heterocycles. The van der Waals surface area contributed by atoms with Crippen LogP contribution in [-0.2, 0) is 4.74 Å². The number of allylic oxidation sites excluding steroid dienone is 1. The van der Waals surface area contributed by atoms with Crippen LogP contribution in [0.4, 0.5) is 0 Å². The van der Waals surface area contributed by atoms with Crippen molar-refractivity contribution >= 4 is 11.6 Å². The third-order valence-electron chi connectivity index (χ3n) is 1.26. The zero-order valence-electron chi connectivity index (χ0n) is 6.91. The monoisotopic (exact) mass is 162 g/mol. The second kappa shape index (κ2) is 5.75. The third kappa shape index (κ3) is 4.83. The molecule has 0 aliphatic carbocycles. The smallest absolute Gasteiger partial charge is 0.0688 e. The summed E-state index contributed by atoms with van der Waals surface area (Å²) in [7, 11) is 0. The van der Waals surface area contributed by atoms with E-state index in [0.29, 0.717) is 6.61 Å². The Labute approximate surface area is 68.0 Å². The molecule has 0 atom stereocenters. The number of ether oxygens (including phenoxy) is 1. The summed E-state index contributed by atoms with van der Waals surface area (Å²) in [6.07, 6.45) is 1.06. The molecule has 0 fully saturated rings. The number of halogens is 1. The quantitative estimate of drug-likeness (QED) is 0.578. The minimum absolute atomic E-state index is 0.670. The van der Waals surface area contributed by atoms with E-state index in [9.17, 15) is 0 Å². The molecule has 0 unspecified atom stereocenters. The van der Waals surface area contributed by atoms with Crippen molar-refractivity contribution in [2.45, 2.75) is 27.2 Å². The van der Waals surface area contributed by atoms with E-state index in [1.54, 1.807) is 0 Å². The Morgan fingerprint density at radius 3 is 2.40 bits per heavy atom. The lowest BCUT2D eigenvalue weighted by atomic mass is 10.3. The highest BCUT2D eigenvalue weighted by atomic mass is 35.5. The van der Waals surface area contributed by atoms with E-state index >= 15 is 0 Å². The van der Waals surface area contributed by atoms with Crippen molar-refractivity contribution in [3.05, 3.63) is 10.6 Å². The fourth-order valence-corrected chi connectivity index (χ4v) is 0.524. The zero-order valence-corrected chi connectivity index (χ0v) is 7.66. The average Bonchev–Trinajstić information content (AvgIpc) is 1.88. The Morgan fingerprint density at radius 1 is 1.40 bits per heavy atom. The number of hydrogen-bond acceptors (Lipinski definition) is 1. The fourth-order valence-electron chi connectivity index (χ4n) is 0.469. The molecule has 0 aromatic heterocycles. The summed E-state index contributed by atoms with van der Waals surface area (Å²) < 4.78 is 5.26. The summed E-state index contributed by atoms with van der Waals surface area (Å²) in [6, 6.07) is 0. The van der Waals surface area contributed by atoms with Gasteiger partial charge in [-0.05, 0) is 25.8 Å². The molecule has 0 radical (unpaired) electrons. The highest BCUT2D eigenvalue weighted by Crippen LogP contribution is 2.07. The number of rotatable bonds is 4. The van der Waals surface area contributed by atoms with Crippen molar-refractivity contribution in [2.75, 3.05) is 13.2 Å². The van der Waals surface area contributed by atoms with Crippen LogP contribution in [0, 0.1) is 0 Å². The van der Waals surface area contributed by atoms with E-state index in [1.807, 2.05) is 13.8 Å². The maximum atomic E-state index is 5.71.